The van der Waals surface area contributed by atoms with E-state index < -0.39 is 0 Å². The quantitative estimate of drug-likeness (QED) is 0.863. The second-order valence-electron chi connectivity index (χ2n) is 5.32. The molecule has 0 radical (unpaired) electrons. The highest BCUT2D eigenvalue weighted by Crippen LogP contribution is 2.23. The first-order valence-corrected chi connectivity index (χ1v) is 7.34. The first-order valence-electron chi connectivity index (χ1n) is 7.34. The molecule has 4 nitrogen and oxygen atoms in total. The Balaban J connectivity index is 1.65. The molecule has 1 aromatic carbocycles. The number of benzene rings is 1. The molecule has 1 fully saturated rings. The van der Waals surface area contributed by atoms with Gasteiger partial charge in [-0.15, -0.1) is 0 Å². The smallest absolute Gasteiger partial charge is 0.239 e. The molecule has 1 aliphatic carbocycles. The van der Waals surface area contributed by atoms with Crippen LogP contribution >= 0.6 is 0 Å². The minimum Gasteiger partial charge on any atom is -0.350 e. The van der Waals surface area contributed by atoms with Crippen molar-refractivity contribution in [2.75, 3.05) is 6.54 Å². The van der Waals surface area contributed by atoms with Crippen molar-refractivity contribution in [1.82, 2.24) is 10.6 Å². The van der Waals surface area contributed by atoms with Gasteiger partial charge in [0, 0.05) is 12.5 Å². The van der Waals surface area contributed by atoms with Crippen LogP contribution in [0.25, 0.3) is 0 Å². The van der Waals surface area contributed by atoms with Gasteiger partial charge in [-0.25, -0.2) is 0 Å². The van der Waals surface area contributed by atoms with Crippen molar-refractivity contribution in [3.05, 3.63) is 35.9 Å². The summed E-state index contributed by atoms with van der Waals surface area (Å²) in [5, 5.41) is 5.54. The molecule has 0 aromatic heterocycles. The molecule has 2 amide bonds. The molecule has 0 spiro atoms. The zero-order valence-corrected chi connectivity index (χ0v) is 11.7. The molecule has 108 valence electrons. The predicted octanol–water partition coefficient (Wildman–Crippen LogP) is 2.00. The van der Waals surface area contributed by atoms with E-state index in [-0.39, 0.29) is 24.3 Å². The molecule has 4 heteroatoms. The minimum absolute atomic E-state index is 0.0274. The SMILES string of the molecule is O=C(CNC(=O)C1CCCCC1)NCc1ccccc1. The van der Waals surface area contributed by atoms with Crippen LogP contribution in [0.5, 0.6) is 0 Å². The highest BCUT2D eigenvalue weighted by atomic mass is 16.2. The summed E-state index contributed by atoms with van der Waals surface area (Å²) in [5.41, 5.74) is 1.06. The molecule has 0 heterocycles. The monoisotopic (exact) mass is 274 g/mol. The Morgan fingerprint density at radius 1 is 1.00 bits per heavy atom. The maximum atomic E-state index is 11.9. The van der Waals surface area contributed by atoms with Crippen LogP contribution in [0, 0.1) is 5.92 Å². The maximum Gasteiger partial charge on any atom is 0.239 e. The Morgan fingerprint density at radius 3 is 2.40 bits per heavy atom. The van der Waals surface area contributed by atoms with Gasteiger partial charge in [-0.05, 0) is 18.4 Å². The number of amides is 2. The van der Waals surface area contributed by atoms with Crippen molar-refractivity contribution in [2.24, 2.45) is 5.92 Å². The van der Waals surface area contributed by atoms with Gasteiger partial charge < -0.3 is 10.6 Å². The van der Waals surface area contributed by atoms with Gasteiger partial charge in [0.05, 0.1) is 6.54 Å². The van der Waals surface area contributed by atoms with E-state index >= 15 is 0 Å². The number of hydrogen-bond donors (Lipinski definition) is 2. The molecule has 0 unspecified atom stereocenters. The predicted molar refractivity (Wildman–Crippen MR) is 77.9 cm³/mol. The third-order valence-corrected chi connectivity index (χ3v) is 3.73. The molecule has 0 aliphatic heterocycles. The van der Waals surface area contributed by atoms with Crippen molar-refractivity contribution in [3.63, 3.8) is 0 Å². The first-order chi connectivity index (χ1) is 9.75. The summed E-state index contributed by atoms with van der Waals surface area (Å²) in [5.74, 6) is -0.0109. The molecule has 1 aromatic rings. The van der Waals surface area contributed by atoms with Crippen LogP contribution in [0.1, 0.15) is 37.7 Å². The van der Waals surface area contributed by atoms with Crippen LogP contribution < -0.4 is 10.6 Å². The summed E-state index contributed by atoms with van der Waals surface area (Å²) in [7, 11) is 0. The lowest BCUT2D eigenvalue weighted by molar-refractivity contribution is -0.129. The van der Waals surface area contributed by atoms with Gasteiger partial charge >= 0.3 is 0 Å². The molecule has 2 rings (SSSR count). The minimum atomic E-state index is -0.141. The fourth-order valence-corrected chi connectivity index (χ4v) is 2.54. The molecule has 20 heavy (non-hydrogen) atoms. The molecular formula is C16H22N2O2. The lowest BCUT2D eigenvalue weighted by Gasteiger charge is -2.20. The molecular weight excluding hydrogens is 252 g/mol. The molecule has 0 atom stereocenters. The Kier molecular flexibility index (Phi) is 5.59. The van der Waals surface area contributed by atoms with E-state index in [9.17, 15) is 9.59 Å². The standard InChI is InChI=1S/C16H22N2O2/c19-15(17-11-13-7-3-1-4-8-13)12-18-16(20)14-9-5-2-6-10-14/h1,3-4,7-8,14H,2,5-6,9-12H2,(H,17,19)(H,18,20). The van der Waals surface area contributed by atoms with E-state index in [1.165, 1.54) is 6.42 Å². The van der Waals surface area contributed by atoms with Crippen LogP contribution in [-0.2, 0) is 16.1 Å². The van der Waals surface area contributed by atoms with Crippen LogP contribution in [0.15, 0.2) is 30.3 Å². The molecule has 0 saturated heterocycles. The molecule has 1 aliphatic rings. The highest BCUT2D eigenvalue weighted by molar-refractivity contribution is 5.85. The fraction of sp³-hybridized carbons (Fsp3) is 0.500. The summed E-state index contributed by atoms with van der Waals surface area (Å²) >= 11 is 0. The van der Waals surface area contributed by atoms with Crippen LogP contribution in [0.4, 0.5) is 0 Å². The van der Waals surface area contributed by atoms with Gasteiger partial charge in [0.25, 0.3) is 0 Å². The summed E-state index contributed by atoms with van der Waals surface area (Å²) in [6.07, 6.45) is 5.38. The van der Waals surface area contributed by atoms with E-state index in [0.29, 0.717) is 6.54 Å². The fourth-order valence-electron chi connectivity index (χ4n) is 2.54. The average molecular weight is 274 g/mol. The third kappa shape index (κ3) is 4.68. The lowest BCUT2D eigenvalue weighted by Crippen LogP contribution is -2.39. The Bertz CT molecular complexity index is 439. The second-order valence-corrected chi connectivity index (χ2v) is 5.32. The van der Waals surface area contributed by atoms with Crippen molar-refractivity contribution in [1.29, 1.82) is 0 Å². The van der Waals surface area contributed by atoms with Crippen LogP contribution in [0.3, 0.4) is 0 Å². The first kappa shape index (κ1) is 14.6. The topological polar surface area (TPSA) is 58.2 Å². The maximum absolute atomic E-state index is 11.9. The summed E-state index contributed by atoms with van der Waals surface area (Å²) in [4.78, 5) is 23.6. The zero-order valence-electron chi connectivity index (χ0n) is 11.7. The summed E-state index contributed by atoms with van der Waals surface area (Å²) < 4.78 is 0. The van der Waals surface area contributed by atoms with Gasteiger partial charge in [0.2, 0.25) is 11.8 Å². The zero-order chi connectivity index (χ0) is 14.2. The molecule has 1 saturated carbocycles. The Hall–Kier alpha value is -1.84. The van der Waals surface area contributed by atoms with Gasteiger partial charge in [0.15, 0.2) is 0 Å². The second kappa shape index (κ2) is 7.68. The third-order valence-electron chi connectivity index (χ3n) is 3.73. The van der Waals surface area contributed by atoms with Gasteiger partial charge in [-0.2, -0.15) is 0 Å². The van der Waals surface area contributed by atoms with E-state index in [1.807, 2.05) is 30.3 Å². The number of carbonyl (C=O) groups is 2. The number of hydrogen-bond acceptors (Lipinski definition) is 2. The molecule has 0 bridgehead atoms. The van der Waals surface area contributed by atoms with Crippen molar-refractivity contribution >= 4 is 11.8 Å². The lowest BCUT2D eigenvalue weighted by atomic mass is 9.89. The summed E-state index contributed by atoms with van der Waals surface area (Å²) in [6.45, 7) is 0.571. The number of carbonyl (C=O) groups excluding carboxylic acids is 2. The van der Waals surface area contributed by atoms with E-state index in [1.54, 1.807) is 0 Å². The van der Waals surface area contributed by atoms with Crippen LogP contribution in [-0.4, -0.2) is 18.4 Å². The largest absolute Gasteiger partial charge is 0.350 e. The molecule has 2 N–H and O–H groups in total. The van der Waals surface area contributed by atoms with Crippen LogP contribution in [0.2, 0.25) is 0 Å². The number of rotatable bonds is 5. The average Bonchev–Trinajstić information content (AvgIpc) is 2.52. The highest BCUT2D eigenvalue weighted by Gasteiger charge is 2.21. The van der Waals surface area contributed by atoms with E-state index in [2.05, 4.69) is 10.6 Å². The Morgan fingerprint density at radius 2 is 1.70 bits per heavy atom. The van der Waals surface area contributed by atoms with Crippen molar-refractivity contribution < 1.29 is 9.59 Å². The van der Waals surface area contributed by atoms with Crippen molar-refractivity contribution in [2.45, 2.75) is 38.6 Å². The van der Waals surface area contributed by atoms with Crippen molar-refractivity contribution in [3.8, 4) is 0 Å². The number of nitrogens with one attached hydrogen (secondary N) is 2. The summed E-state index contributed by atoms with van der Waals surface area (Å²) in [6, 6.07) is 9.73. The van der Waals surface area contributed by atoms with Gasteiger partial charge in [0.1, 0.15) is 0 Å². The normalized spacial score (nSPS) is 15.6. The van der Waals surface area contributed by atoms with E-state index in [0.717, 1.165) is 31.2 Å². The van der Waals surface area contributed by atoms with Gasteiger partial charge in [-0.1, -0.05) is 49.6 Å². The van der Waals surface area contributed by atoms with Gasteiger partial charge in [-0.3, -0.25) is 9.59 Å². The Labute approximate surface area is 119 Å². The van der Waals surface area contributed by atoms with E-state index in [4.69, 9.17) is 0 Å².